The van der Waals surface area contributed by atoms with Gasteiger partial charge in [-0.15, -0.1) is 12.6 Å². The van der Waals surface area contributed by atoms with Gasteiger partial charge in [0.05, 0.1) is 3.53 Å². The molecule has 0 aromatic heterocycles. The van der Waals surface area contributed by atoms with Crippen LogP contribution in [0.3, 0.4) is 0 Å². The molecule has 0 amide bonds. The van der Waals surface area contributed by atoms with Gasteiger partial charge in [-0.3, -0.25) is 16.6 Å². The maximum Gasteiger partial charge on any atom is 1.00 e. The van der Waals surface area contributed by atoms with E-state index in [-0.39, 0.29) is 59.1 Å². The van der Waals surface area contributed by atoms with E-state index >= 15 is 0 Å². The number of hydrogen-bond acceptors (Lipinski definition) is 3. The van der Waals surface area contributed by atoms with E-state index in [0.29, 0.717) is 3.53 Å². The van der Waals surface area contributed by atoms with Gasteiger partial charge in [0.25, 0.3) is 0 Å². The quantitative estimate of drug-likeness (QED) is 0.209. The van der Waals surface area contributed by atoms with Gasteiger partial charge in [0.2, 0.25) is 0 Å². The van der Waals surface area contributed by atoms with Crippen LogP contribution in [-0.2, 0) is 4.79 Å². The van der Waals surface area contributed by atoms with Crippen LogP contribution >= 0.6 is 36.6 Å². The molecule has 0 fully saturated rings. The van der Waals surface area contributed by atoms with E-state index in [1.165, 1.54) is 0 Å². The van der Waals surface area contributed by atoms with E-state index in [1.807, 2.05) is 0 Å². The summed E-state index contributed by atoms with van der Waals surface area (Å²) in [5, 5.41) is 7.99. The van der Waals surface area contributed by atoms with Crippen LogP contribution in [0.4, 0.5) is 0 Å². The molecular weight excluding hydrogens is 210 g/mol. The SMILES string of the molecule is O=C(O)[CH-]SC(=S)S.[Na+].[Na+]. The third kappa shape index (κ3) is 16.6. The van der Waals surface area contributed by atoms with E-state index in [2.05, 4.69) is 24.8 Å². The average Bonchev–Trinajstić information content (AvgIpc) is 1.61. The third-order valence-electron chi connectivity index (χ3n) is 0.261. The number of aliphatic carboxylic acids is 1. The van der Waals surface area contributed by atoms with Gasteiger partial charge in [-0.2, -0.15) is 0 Å². The molecule has 2 nitrogen and oxygen atoms in total. The summed E-state index contributed by atoms with van der Waals surface area (Å²) in [6.07, 6.45) is 0. The molecule has 0 spiro atoms. The predicted molar refractivity (Wildman–Crippen MR) is 41.1 cm³/mol. The summed E-state index contributed by atoms with van der Waals surface area (Å²) in [5.74, 6) is -0.0126. The Hall–Kier alpha value is 2.13. The van der Waals surface area contributed by atoms with Gasteiger partial charge in [-0.05, 0) is 0 Å². The molecule has 7 heteroatoms. The molecule has 0 rings (SSSR count). The number of thiocarbonyl (C=S) groups is 1. The molecule has 0 radical (unpaired) electrons. The molecule has 0 bridgehead atoms. The third-order valence-corrected chi connectivity index (χ3v) is 1.39. The maximum atomic E-state index is 9.73. The second kappa shape index (κ2) is 11.1. The molecule has 0 aromatic rings. The van der Waals surface area contributed by atoms with Gasteiger partial charge < -0.3 is 5.11 Å². The molecule has 0 aromatic carbocycles. The van der Waals surface area contributed by atoms with Crippen molar-refractivity contribution in [1.29, 1.82) is 0 Å². The molecule has 10 heavy (non-hydrogen) atoms. The van der Waals surface area contributed by atoms with Gasteiger partial charge in [0.15, 0.2) is 5.97 Å². The minimum atomic E-state index is -0.994. The molecule has 0 atom stereocenters. The number of carboxylic acids is 1. The summed E-state index contributed by atoms with van der Waals surface area (Å²) in [4.78, 5) is 9.73. The van der Waals surface area contributed by atoms with Crippen molar-refractivity contribution in [1.82, 2.24) is 0 Å². The first-order valence-corrected chi connectivity index (χ1v) is 3.32. The van der Waals surface area contributed by atoms with Crippen molar-refractivity contribution < 1.29 is 69.0 Å². The fraction of sp³-hybridized carbons (Fsp3) is 0. The zero-order chi connectivity index (χ0) is 6.57. The van der Waals surface area contributed by atoms with Crippen molar-refractivity contribution in [3.63, 3.8) is 0 Å². The zero-order valence-electron chi connectivity index (χ0n) is 5.70. The van der Waals surface area contributed by atoms with Gasteiger partial charge in [0.1, 0.15) is 0 Å². The molecular formula is C3H3Na2O2S3+. The van der Waals surface area contributed by atoms with Gasteiger partial charge in [-0.25, -0.2) is 5.75 Å². The van der Waals surface area contributed by atoms with Crippen LogP contribution in [0, 0.1) is 5.75 Å². The summed E-state index contributed by atoms with van der Waals surface area (Å²) >= 11 is 9.03. The van der Waals surface area contributed by atoms with Crippen LogP contribution in [-0.4, -0.2) is 14.6 Å². The number of thiol groups is 1. The maximum absolute atomic E-state index is 9.73. The fourth-order valence-corrected chi connectivity index (χ4v) is 0.605. The van der Waals surface area contributed by atoms with Crippen molar-refractivity contribution in [3.05, 3.63) is 5.75 Å². The van der Waals surface area contributed by atoms with Crippen LogP contribution in [0.15, 0.2) is 0 Å². The smallest absolute Gasteiger partial charge is 0.503 e. The zero-order valence-corrected chi connectivity index (χ0v) is 12.2. The van der Waals surface area contributed by atoms with Crippen LogP contribution < -0.4 is 59.1 Å². The molecule has 1 N–H and O–H groups in total. The molecule has 0 aliphatic carbocycles. The van der Waals surface area contributed by atoms with Crippen molar-refractivity contribution in [2.24, 2.45) is 0 Å². The Balaban J connectivity index is -0.000000245. The minimum Gasteiger partial charge on any atom is -0.503 e. The van der Waals surface area contributed by atoms with E-state index in [1.54, 1.807) is 0 Å². The monoisotopic (exact) mass is 213 g/mol. The fourth-order valence-electron chi connectivity index (χ4n) is 0.101. The van der Waals surface area contributed by atoms with Crippen molar-refractivity contribution in [2.75, 3.05) is 0 Å². The molecule has 0 saturated carbocycles. The van der Waals surface area contributed by atoms with Crippen molar-refractivity contribution in [3.8, 4) is 0 Å². The number of hydrogen-bond donors (Lipinski definition) is 2. The van der Waals surface area contributed by atoms with Gasteiger partial charge >= 0.3 is 59.1 Å². The predicted octanol–water partition coefficient (Wildman–Crippen LogP) is -4.81. The molecule has 0 aliphatic heterocycles. The number of carboxylic acid groups (broad SMARTS) is 1. The largest absolute Gasteiger partial charge is 1.00 e. The Labute approximate surface area is 119 Å². The summed E-state index contributed by atoms with van der Waals surface area (Å²) in [6, 6.07) is 0. The van der Waals surface area contributed by atoms with Crippen LogP contribution in [0.2, 0.25) is 0 Å². The Morgan fingerprint density at radius 3 is 2.10 bits per heavy atom. The van der Waals surface area contributed by atoms with E-state index in [0.717, 1.165) is 17.5 Å². The molecule has 0 saturated heterocycles. The second-order valence-corrected chi connectivity index (χ2v) is 3.44. The Morgan fingerprint density at radius 2 is 2.00 bits per heavy atom. The number of rotatable bonds is 2. The van der Waals surface area contributed by atoms with Crippen molar-refractivity contribution >= 4 is 46.1 Å². The Kier molecular flexibility index (Phi) is 20.1. The molecule has 46 valence electrons. The van der Waals surface area contributed by atoms with E-state index in [4.69, 9.17) is 5.11 Å². The Bertz CT molecular complexity index is 104. The standard InChI is InChI=1S/C3H3O2S3.2Na/c4-2(5)1-8-3(6)7;;/h1H,(H,4,5)(H,6,7);;/q-1;2*+1. The molecule has 0 unspecified atom stereocenters. The summed E-state index contributed by atoms with van der Waals surface area (Å²) in [5.41, 5.74) is 0. The topological polar surface area (TPSA) is 37.3 Å². The summed E-state index contributed by atoms with van der Waals surface area (Å²) in [7, 11) is 0. The van der Waals surface area contributed by atoms with E-state index in [9.17, 15) is 4.79 Å². The first-order valence-electron chi connectivity index (χ1n) is 1.58. The van der Waals surface area contributed by atoms with Gasteiger partial charge in [-0.1, -0.05) is 12.2 Å². The summed E-state index contributed by atoms with van der Waals surface area (Å²) in [6.45, 7) is 0. The number of thioether (sulfide) groups is 1. The molecule has 0 heterocycles. The van der Waals surface area contributed by atoms with Crippen LogP contribution in [0.5, 0.6) is 0 Å². The van der Waals surface area contributed by atoms with E-state index < -0.39 is 5.97 Å². The first-order chi connectivity index (χ1) is 3.63. The average molecular weight is 213 g/mol. The first kappa shape index (κ1) is 18.0. The molecule has 0 aliphatic rings. The second-order valence-electron chi connectivity index (χ2n) is 0.840. The van der Waals surface area contributed by atoms with Crippen LogP contribution in [0.25, 0.3) is 0 Å². The van der Waals surface area contributed by atoms with Crippen LogP contribution in [0.1, 0.15) is 0 Å². The van der Waals surface area contributed by atoms with Crippen molar-refractivity contribution in [2.45, 2.75) is 0 Å². The number of carbonyl (C=O) groups is 1. The Morgan fingerprint density at radius 1 is 1.60 bits per heavy atom. The normalized spacial score (nSPS) is 6.50. The van der Waals surface area contributed by atoms with Gasteiger partial charge in [0, 0.05) is 0 Å². The summed E-state index contributed by atoms with van der Waals surface area (Å²) < 4.78 is 0.312. The minimum absolute atomic E-state index is 0.